The number of nitrogens with zero attached hydrogens (tertiary/aromatic N) is 5. The Bertz CT molecular complexity index is 2350. The van der Waals surface area contributed by atoms with Crippen LogP contribution in [0.2, 0.25) is 18.6 Å². The lowest BCUT2D eigenvalue weighted by molar-refractivity contribution is -0.385. The normalized spacial score (nSPS) is 22.9. The molecule has 4 aromatic carbocycles. The van der Waals surface area contributed by atoms with Crippen molar-refractivity contribution in [2.45, 2.75) is 81.6 Å². The first-order chi connectivity index (χ1) is 28.9. The van der Waals surface area contributed by atoms with E-state index in [1.54, 1.807) is 22.8 Å². The van der Waals surface area contributed by atoms with E-state index in [-0.39, 0.29) is 54.1 Å². The van der Waals surface area contributed by atoms with E-state index in [2.05, 4.69) is 53.1 Å². The van der Waals surface area contributed by atoms with Crippen LogP contribution in [0.4, 0.5) is 17.1 Å². The van der Waals surface area contributed by atoms with Crippen molar-refractivity contribution in [3.63, 3.8) is 0 Å². The van der Waals surface area contributed by atoms with Crippen LogP contribution in [0.15, 0.2) is 103 Å². The molecule has 8 rings (SSSR count). The number of carbonyl (C=O) groups excluding carboxylic acids is 2. The predicted octanol–water partition coefficient (Wildman–Crippen LogP) is 5.86. The molecule has 1 spiro atoms. The zero-order chi connectivity index (χ0) is 42.2. The second-order valence-electron chi connectivity index (χ2n) is 16.7. The topological polar surface area (TPSA) is 174 Å². The summed E-state index contributed by atoms with van der Waals surface area (Å²) in [5.41, 5.74) is 2.40. The molecule has 3 aliphatic heterocycles. The highest BCUT2D eigenvalue weighted by atomic mass is 28.3. The third kappa shape index (κ3) is 7.50. The number of hydrogen-bond donors (Lipinski definition) is 3. The third-order valence-corrected chi connectivity index (χ3v) is 17.3. The molecular formula is C45H51N7O7Si. The van der Waals surface area contributed by atoms with Crippen molar-refractivity contribution < 1.29 is 29.1 Å². The lowest BCUT2D eigenvalue weighted by atomic mass is 9.82. The van der Waals surface area contributed by atoms with Gasteiger partial charge in [-0.05, 0) is 72.8 Å². The van der Waals surface area contributed by atoms with E-state index < -0.39 is 24.7 Å². The van der Waals surface area contributed by atoms with Crippen molar-refractivity contribution in [2.75, 3.05) is 30.5 Å². The lowest BCUT2D eigenvalue weighted by Crippen LogP contribution is -2.51. The predicted molar refractivity (Wildman–Crippen MR) is 230 cm³/mol. The van der Waals surface area contributed by atoms with Crippen LogP contribution in [0.1, 0.15) is 54.5 Å². The van der Waals surface area contributed by atoms with Crippen LogP contribution in [0.3, 0.4) is 0 Å². The van der Waals surface area contributed by atoms with Gasteiger partial charge in [0.15, 0.2) is 5.60 Å². The van der Waals surface area contributed by atoms with Crippen molar-refractivity contribution >= 4 is 42.1 Å². The minimum atomic E-state index is -2.52. The molecule has 14 nitrogen and oxygen atoms in total. The monoisotopic (exact) mass is 829 g/mol. The summed E-state index contributed by atoms with van der Waals surface area (Å²) in [6, 6.07) is 29.6. The van der Waals surface area contributed by atoms with Crippen LogP contribution in [0.25, 0.3) is 0 Å². The molecule has 312 valence electrons. The number of fused-ring (bicyclic) bond motifs is 2. The van der Waals surface area contributed by atoms with Gasteiger partial charge in [-0.25, -0.2) is 0 Å². The Morgan fingerprint density at radius 2 is 1.85 bits per heavy atom. The van der Waals surface area contributed by atoms with Gasteiger partial charge in [0.25, 0.3) is 11.6 Å². The number of nitro groups is 1. The van der Waals surface area contributed by atoms with Gasteiger partial charge in [0.05, 0.1) is 62.7 Å². The van der Waals surface area contributed by atoms with E-state index in [1.165, 1.54) is 17.3 Å². The Morgan fingerprint density at radius 3 is 2.52 bits per heavy atom. The van der Waals surface area contributed by atoms with Gasteiger partial charge < -0.3 is 30.1 Å². The van der Waals surface area contributed by atoms with E-state index in [1.807, 2.05) is 72.9 Å². The number of aliphatic hydroxyl groups is 1. The number of amides is 2. The van der Waals surface area contributed by atoms with E-state index >= 15 is 4.79 Å². The van der Waals surface area contributed by atoms with Crippen molar-refractivity contribution in [3.05, 3.63) is 136 Å². The quantitative estimate of drug-likeness (QED) is 0.0699. The van der Waals surface area contributed by atoms with Crippen LogP contribution in [-0.2, 0) is 33.0 Å². The summed E-state index contributed by atoms with van der Waals surface area (Å²) < 4.78 is 14.5. The minimum absolute atomic E-state index is 0.0733. The maximum Gasteiger partial charge on any atom is 0.269 e. The molecule has 0 radical (unpaired) electrons. The second-order valence-corrected chi connectivity index (χ2v) is 21.4. The van der Waals surface area contributed by atoms with Crippen molar-refractivity contribution in [1.29, 1.82) is 0 Å². The second kappa shape index (κ2) is 16.7. The van der Waals surface area contributed by atoms with Crippen LogP contribution < -0.4 is 25.5 Å². The van der Waals surface area contributed by atoms with Crippen molar-refractivity contribution in [1.82, 2.24) is 20.3 Å². The number of benzene rings is 4. The minimum Gasteiger partial charge on any atom is -0.497 e. The average Bonchev–Trinajstić information content (AvgIpc) is 4.07. The Morgan fingerprint density at radius 1 is 1.10 bits per heavy atom. The first-order valence-corrected chi connectivity index (χ1v) is 23.6. The summed E-state index contributed by atoms with van der Waals surface area (Å²) in [5.74, 6) is -0.307. The number of aliphatic hydroxyl groups excluding tert-OH is 1. The van der Waals surface area contributed by atoms with Crippen LogP contribution in [0.5, 0.6) is 5.75 Å². The molecule has 15 heteroatoms. The van der Waals surface area contributed by atoms with Crippen molar-refractivity contribution in [3.8, 4) is 5.75 Å². The molecule has 1 aromatic heterocycles. The number of non-ortho nitro benzene ring substituents is 1. The van der Waals surface area contributed by atoms with E-state index in [4.69, 9.17) is 9.47 Å². The molecule has 4 heterocycles. The number of nitrogens with one attached hydrogen (secondary N) is 2. The number of nitro benzene ring substituents is 1. The number of carbonyl (C=O) groups is 2. The van der Waals surface area contributed by atoms with Gasteiger partial charge in [0.1, 0.15) is 5.75 Å². The molecule has 60 heavy (non-hydrogen) atoms. The Hall–Kier alpha value is -5.74. The van der Waals surface area contributed by atoms with E-state index in [0.29, 0.717) is 35.6 Å². The molecule has 3 aliphatic rings. The number of hydrogen-bond acceptors (Lipinski definition) is 10. The van der Waals surface area contributed by atoms with Gasteiger partial charge in [-0.15, -0.1) is 5.10 Å². The maximum absolute atomic E-state index is 15.3. The molecule has 0 saturated carbocycles. The van der Waals surface area contributed by atoms with Gasteiger partial charge >= 0.3 is 0 Å². The molecule has 1 unspecified atom stereocenters. The van der Waals surface area contributed by atoms with E-state index in [9.17, 15) is 20.0 Å². The van der Waals surface area contributed by atoms with Gasteiger partial charge in [0, 0.05) is 42.0 Å². The maximum atomic E-state index is 15.3. The van der Waals surface area contributed by atoms with Crippen LogP contribution >= 0.6 is 0 Å². The summed E-state index contributed by atoms with van der Waals surface area (Å²) in [5, 5.41) is 38.9. The molecular weight excluding hydrogens is 779 g/mol. The van der Waals surface area contributed by atoms with Crippen LogP contribution in [0, 0.1) is 16.0 Å². The summed E-state index contributed by atoms with van der Waals surface area (Å²) in [4.78, 5) is 41.6. The third-order valence-electron chi connectivity index (χ3n) is 12.9. The molecule has 3 N–H and O–H groups in total. The fourth-order valence-electron chi connectivity index (χ4n) is 9.75. The van der Waals surface area contributed by atoms with Gasteiger partial charge in [0.2, 0.25) is 5.91 Å². The standard InChI is InChI=1S/C45H51N7O7Si/c1-29-42(60(3,4)35-19-17-34(58-2)18-20-35)41(22-24-50-27-39(48-49-50)36(28-53)31-9-6-5-7-10-31)59-45(29)37-25-33(52(56)57)16-21-40(37)51(44(45)55)26-30-12-14-32(15-13-30)47-43(54)38-11-8-23-46-38/h5-7,9-10,12-21,25,27,29,36,38,41-42,46,53H,8,11,22-24,26,28H2,1-4H3,(H,47,54)/t29-,36?,38+,41+,42-,45+/m0/s1. The number of aryl methyl sites for hydroxylation is 1. The molecule has 2 saturated heterocycles. The van der Waals surface area contributed by atoms with Crippen molar-refractivity contribution in [2.24, 2.45) is 5.92 Å². The largest absolute Gasteiger partial charge is 0.497 e. The zero-order valence-corrected chi connectivity index (χ0v) is 35.3. The highest BCUT2D eigenvalue weighted by Gasteiger charge is 2.66. The molecule has 2 fully saturated rings. The Labute approximate surface area is 350 Å². The number of anilines is 2. The molecule has 2 amide bonds. The fraction of sp³-hybridized carbons (Fsp3) is 0.378. The summed E-state index contributed by atoms with van der Waals surface area (Å²) in [6.07, 6.45) is 3.66. The molecule has 6 atom stereocenters. The summed E-state index contributed by atoms with van der Waals surface area (Å²) >= 11 is 0. The van der Waals surface area contributed by atoms with E-state index in [0.717, 1.165) is 36.3 Å². The lowest BCUT2D eigenvalue weighted by Gasteiger charge is -2.37. The Balaban J connectivity index is 1.13. The number of methoxy groups -OCH3 is 1. The SMILES string of the molecule is COc1ccc([Si](C)(C)[C@@H]2[C@@H](CCn3cc(C(CO)c4ccccc4)nn3)O[C@]3(C(=O)N(Cc4ccc(NC(=O)[C@H]5CCCN5)cc4)c4ccc([N+](=O)[O-])cc43)[C@H]2C)cc1. The fourth-order valence-corrected chi connectivity index (χ4v) is 13.8. The van der Waals surface area contributed by atoms with Gasteiger partial charge in [-0.1, -0.05) is 85.0 Å². The smallest absolute Gasteiger partial charge is 0.269 e. The number of aromatic nitrogens is 3. The van der Waals surface area contributed by atoms with Gasteiger partial charge in [-0.3, -0.25) is 24.4 Å². The zero-order valence-electron chi connectivity index (χ0n) is 34.3. The molecule has 5 aromatic rings. The molecule has 0 bridgehead atoms. The number of rotatable bonds is 14. The summed E-state index contributed by atoms with van der Waals surface area (Å²) in [7, 11) is -0.881. The number of ether oxygens (including phenoxy) is 2. The highest BCUT2D eigenvalue weighted by Crippen LogP contribution is 2.60. The highest BCUT2D eigenvalue weighted by molar-refractivity contribution is 6.91. The first kappa shape index (κ1) is 41.0. The average molecular weight is 830 g/mol. The van der Waals surface area contributed by atoms with Crippen LogP contribution in [-0.4, -0.2) is 77.3 Å². The Kier molecular flexibility index (Phi) is 11.4. The molecule has 0 aliphatic carbocycles. The first-order valence-electron chi connectivity index (χ1n) is 20.6. The van der Waals surface area contributed by atoms with Gasteiger partial charge in [-0.2, -0.15) is 0 Å². The summed E-state index contributed by atoms with van der Waals surface area (Å²) in [6.45, 7) is 7.96.